The number of rotatable bonds is 3. The van der Waals surface area contributed by atoms with Crippen LogP contribution in [0.2, 0.25) is 0 Å². The Kier molecular flexibility index (Phi) is 3.94. The highest BCUT2D eigenvalue weighted by Crippen LogP contribution is 2.17. The van der Waals surface area contributed by atoms with E-state index in [2.05, 4.69) is 31.4 Å². The van der Waals surface area contributed by atoms with Crippen molar-refractivity contribution in [3.05, 3.63) is 46.2 Å². The van der Waals surface area contributed by atoms with E-state index in [4.69, 9.17) is 0 Å². The molecule has 0 radical (unpaired) electrons. The maximum absolute atomic E-state index is 13.1. The molecule has 0 spiro atoms. The number of hydrogen-bond donors (Lipinski definition) is 1. The molecule has 0 aliphatic carbocycles. The minimum absolute atomic E-state index is 0.256. The number of amides is 1. The number of aryl methyl sites for hydroxylation is 1. The number of benzene rings is 1. The maximum Gasteiger partial charge on any atom is 0.251 e. The van der Waals surface area contributed by atoms with E-state index in [1.165, 1.54) is 18.2 Å². The van der Waals surface area contributed by atoms with E-state index in [1.54, 1.807) is 24.9 Å². The second-order valence-electron chi connectivity index (χ2n) is 4.12. The Morgan fingerprint density at radius 1 is 1.53 bits per heavy atom. The molecule has 0 aliphatic rings. The van der Waals surface area contributed by atoms with Crippen LogP contribution in [-0.4, -0.2) is 20.7 Å². The first-order valence-corrected chi connectivity index (χ1v) is 6.38. The molecule has 100 valence electrons. The summed E-state index contributed by atoms with van der Waals surface area (Å²) in [6, 6.07) is 3.82. The monoisotopic (exact) mass is 326 g/mol. The van der Waals surface area contributed by atoms with Crippen LogP contribution in [-0.2, 0) is 7.05 Å². The van der Waals surface area contributed by atoms with Gasteiger partial charge in [-0.05, 0) is 41.1 Å². The molecule has 0 saturated carbocycles. The van der Waals surface area contributed by atoms with E-state index < -0.39 is 5.82 Å². The molecule has 5 nitrogen and oxygen atoms in total. The molecule has 0 fully saturated rings. The molecule has 19 heavy (non-hydrogen) atoms. The van der Waals surface area contributed by atoms with Crippen LogP contribution in [0.4, 0.5) is 4.39 Å². The molecule has 0 aliphatic heterocycles. The molecular weight excluding hydrogens is 315 g/mol. The zero-order chi connectivity index (χ0) is 14.0. The second-order valence-corrected chi connectivity index (χ2v) is 4.98. The van der Waals surface area contributed by atoms with Gasteiger partial charge in [0.05, 0.1) is 10.5 Å². The van der Waals surface area contributed by atoms with Crippen molar-refractivity contribution in [2.75, 3.05) is 0 Å². The molecule has 7 heteroatoms. The van der Waals surface area contributed by atoms with Gasteiger partial charge in [0.1, 0.15) is 12.1 Å². The summed E-state index contributed by atoms with van der Waals surface area (Å²) in [4.78, 5) is 12.0. The molecule has 1 aromatic heterocycles. The molecule has 1 unspecified atom stereocenters. The smallest absolute Gasteiger partial charge is 0.251 e. The number of nitrogens with zero attached hydrogens (tertiary/aromatic N) is 3. The van der Waals surface area contributed by atoms with Crippen molar-refractivity contribution in [2.45, 2.75) is 13.0 Å². The van der Waals surface area contributed by atoms with Crippen molar-refractivity contribution in [2.24, 2.45) is 7.05 Å². The molecule has 1 N–H and O–H groups in total. The van der Waals surface area contributed by atoms with Gasteiger partial charge in [-0.25, -0.2) is 4.39 Å². The number of aromatic nitrogens is 3. The van der Waals surface area contributed by atoms with Gasteiger partial charge in [-0.15, -0.1) is 10.2 Å². The third-order valence-corrected chi connectivity index (χ3v) is 3.27. The lowest BCUT2D eigenvalue weighted by atomic mass is 10.2. The Bertz CT molecular complexity index is 614. The fourth-order valence-electron chi connectivity index (χ4n) is 1.67. The van der Waals surface area contributed by atoms with Crippen molar-refractivity contribution in [1.29, 1.82) is 0 Å². The summed E-state index contributed by atoms with van der Waals surface area (Å²) in [6.07, 6.45) is 1.56. The van der Waals surface area contributed by atoms with E-state index in [0.29, 0.717) is 11.4 Å². The summed E-state index contributed by atoms with van der Waals surface area (Å²) in [5.74, 6) is -0.0522. The average molecular weight is 327 g/mol. The summed E-state index contributed by atoms with van der Waals surface area (Å²) < 4.78 is 15.1. The van der Waals surface area contributed by atoms with Crippen LogP contribution in [0.15, 0.2) is 29.0 Å². The third kappa shape index (κ3) is 2.98. The van der Waals surface area contributed by atoms with Crippen LogP contribution in [0.3, 0.4) is 0 Å². The van der Waals surface area contributed by atoms with Gasteiger partial charge in [-0.1, -0.05) is 0 Å². The maximum atomic E-state index is 13.1. The molecule has 2 rings (SSSR count). The molecule has 1 heterocycles. The third-order valence-electron chi connectivity index (χ3n) is 2.66. The SMILES string of the molecule is CC(NC(=O)c1ccc(F)c(Br)c1)c1nncn1C. The summed E-state index contributed by atoms with van der Waals surface area (Å²) >= 11 is 3.05. The topological polar surface area (TPSA) is 59.8 Å². The van der Waals surface area contributed by atoms with E-state index >= 15 is 0 Å². The molecule has 1 atom stereocenters. The lowest BCUT2D eigenvalue weighted by Crippen LogP contribution is -2.28. The zero-order valence-corrected chi connectivity index (χ0v) is 12.0. The van der Waals surface area contributed by atoms with Gasteiger partial charge in [-0.3, -0.25) is 4.79 Å². The van der Waals surface area contributed by atoms with Gasteiger partial charge in [0, 0.05) is 12.6 Å². The normalized spacial score (nSPS) is 12.2. The van der Waals surface area contributed by atoms with Gasteiger partial charge in [0.15, 0.2) is 5.82 Å². The van der Waals surface area contributed by atoms with Gasteiger partial charge >= 0.3 is 0 Å². The lowest BCUT2D eigenvalue weighted by Gasteiger charge is -2.13. The van der Waals surface area contributed by atoms with E-state index in [1.807, 2.05) is 0 Å². The fourth-order valence-corrected chi connectivity index (χ4v) is 2.04. The molecule has 0 saturated heterocycles. The number of nitrogens with one attached hydrogen (secondary N) is 1. The minimum atomic E-state index is -0.405. The van der Waals surface area contributed by atoms with Crippen molar-refractivity contribution in [3.63, 3.8) is 0 Å². The quantitative estimate of drug-likeness (QED) is 0.940. The lowest BCUT2D eigenvalue weighted by molar-refractivity contribution is 0.0937. The largest absolute Gasteiger partial charge is 0.342 e. The van der Waals surface area contributed by atoms with Crippen LogP contribution in [0.1, 0.15) is 29.1 Å². The Balaban J connectivity index is 2.13. The Hall–Kier alpha value is -1.76. The van der Waals surface area contributed by atoms with Crippen molar-refractivity contribution in [3.8, 4) is 0 Å². The summed E-state index contributed by atoms with van der Waals surface area (Å²) in [5.41, 5.74) is 0.377. The van der Waals surface area contributed by atoms with E-state index in [-0.39, 0.29) is 16.4 Å². The standard InChI is InChI=1S/C12H12BrFN4O/c1-7(11-17-15-6-18(11)2)16-12(19)8-3-4-10(14)9(13)5-8/h3-7H,1-2H3,(H,16,19). The molecule has 0 bridgehead atoms. The van der Waals surface area contributed by atoms with Gasteiger partial charge < -0.3 is 9.88 Å². The minimum Gasteiger partial charge on any atom is -0.342 e. The number of carbonyl (C=O) groups is 1. The van der Waals surface area contributed by atoms with Crippen molar-refractivity contribution < 1.29 is 9.18 Å². The first-order valence-electron chi connectivity index (χ1n) is 5.59. The zero-order valence-electron chi connectivity index (χ0n) is 10.4. The molecule has 1 aromatic carbocycles. The van der Waals surface area contributed by atoms with Gasteiger partial charge in [0.2, 0.25) is 0 Å². The average Bonchev–Trinajstić information content (AvgIpc) is 2.79. The first-order chi connectivity index (χ1) is 8.99. The second kappa shape index (κ2) is 5.48. The summed E-state index contributed by atoms with van der Waals surface area (Å²) in [5, 5.41) is 10.5. The van der Waals surface area contributed by atoms with Crippen LogP contribution >= 0.6 is 15.9 Å². The van der Waals surface area contributed by atoms with Crippen molar-refractivity contribution >= 4 is 21.8 Å². The Morgan fingerprint density at radius 2 is 2.26 bits per heavy atom. The van der Waals surface area contributed by atoms with Gasteiger partial charge in [-0.2, -0.15) is 0 Å². The van der Waals surface area contributed by atoms with Gasteiger partial charge in [0.25, 0.3) is 5.91 Å². The number of halogens is 2. The predicted molar refractivity (Wildman–Crippen MR) is 71.0 cm³/mol. The summed E-state index contributed by atoms with van der Waals surface area (Å²) in [6.45, 7) is 1.81. The highest BCUT2D eigenvalue weighted by molar-refractivity contribution is 9.10. The molecular formula is C12H12BrFN4O. The number of hydrogen-bond acceptors (Lipinski definition) is 3. The van der Waals surface area contributed by atoms with E-state index in [0.717, 1.165) is 0 Å². The van der Waals surface area contributed by atoms with Crippen LogP contribution in [0.25, 0.3) is 0 Å². The highest BCUT2D eigenvalue weighted by atomic mass is 79.9. The first kappa shape index (κ1) is 13.7. The number of carbonyl (C=O) groups excluding carboxylic acids is 1. The van der Waals surface area contributed by atoms with Crippen molar-refractivity contribution in [1.82, 2.24) is 20.1 Å². The Labute approximate surface area is 118 Å². The van der Waals surface area contributed by atoms with Crippen LogP contribution in [0, 0.1) is 5.82 Å². The molecule has 2 aromatic rings. The highest BCUT2D eigenvalue weighted by Gasteiger charge is 2.16. The van der Waals surface area contributed by atoms with Crippen LogP contribution < -0.4 is 5.32 Å². The van der Waals surface area contributed by atoms with Crippen LogP contribution in [0.5, 0.6) is 0 Å². The fraction of sp³-hybridized carbons (Fsp3) is 0.250. The van der Waals surface area contributed by atoms with E-state index in [9.17, 15) is 9.18 Å². The summed E-state index contributed by atoms with van der Waals surface area (Å²) in [7, 11) is 1.80. The molecule has 1 amide bonds. The predicted octanol–water partition coefficient (Wildman–Crippen LogP) is 2.21. The Morgan fingerprint density at radius 3 is 2.84 bits per heavy atom.